The zero-order valence-corrected chi connectivity index (χ0v) is 17.6. The molecule has 2 atom stereocenters. The average molecular weight is 412 g/mol. The van der Waals surface area contributed by atoms with Gasteiger partial charge in [-0.05, 0) is 29.8 Å². The Hall–Kier alpha value is -2.57. The summed E-state index contributed by atoms with van der Waals surface area (Å²) in [5, 5.41) is 0.888. The fourth-order valence-corrected chi connectivity index (χ4v) is 4.92. The van der Waals surface area contributed by atoms with E-state index in [0.717, 1.165) is 10.9 Å². The van der Waals surface area contributed by atoms with Gasteiger partial charge < -0.3 is 9.47 Å². The molecule has 1 aromatic heterocycles. The van der Waals surface area contributed by atoms with Gasteiger partial charge in [0.25, 0.3) is 10.0 Å². The lowest BCUT2D eigenvalue weighted by molar-refractivity contribution is -0.159. The van der Waals surface area contributed by atoms with E-state index < -0.39 is 10.0 Å². The van der Waals surface area contributed by atoms with E-state index in [4.69, 9.17) is 9.47 Å². The smallest absolute Gasteiger partial charge is 0.268 e. The molecule has 0 saturated carbocycles. The summed E-state index contributed by atoms with van der Waals surface area (Å²) in [6.07, 6.45) is 4.96. The molecule has 0 N–H and O–H groups in total. The maximum Gasteiger partial charge on any atom is 0.268 e. The Morgan fingerprint density at radius 1 is 1.00 bits per heavy atom. The van der Waals surface area contributed by atoms with Gasteiger partial charge in [0.2, 0.25) is 6.29 Å². The number of ether oxygens (including phenoxy) is 2. The van der Waals surface area contributed by atoms with Crippen molar-refractivity contribution in [3.63, 3.8) is 0 Å². The average Bonchev–Trinajstić information content (AvgIpc) is 2.91. The minimum absolute atomic E-state index is 0.112. The van der Waals surface area contributed by atoms with Gasteiger partial charge in [0.1, 0.15) is 0 Å². The first-order chi connectivity index (χ1) is 13.8. The van der Waals surface area contributed by atoms with Gasteiger partial charge in [-0.25, -0.2) is 12.4 Å². The van der Waals surface area contributed by atoms with Crippen LogP contribution in [-0.4, -0.2) is 25.3 Å². The third-order valence-electron chi connectivity index (χ3n) is 5.06. The molecule has 3 aromatic rings. The van der Waals surface area contributed by atoms with E-state index in [9.17, 15) is 8.42 Å². The zero-order chi connectivity index (χ0) is 20.6. The van der Waals surface area contributed by atoms with Crippen LogP contribution in [0, 0.1) is 5.41 Å². The summed E-state index contributed by atoms with van der Waals surface area (Å²) in [5.41, 5.74) is 1.39. The first-order valence-corrected chi connectivity index (χ1v) is 11.1. The number of aromatic nitrogens is 1. The third-order valence-corrected chi connectivity index (χ3v) is 6.74. The number of rotatable bonds is 3. The summed E-state index contributed by atoms with van der Waals surface area (Å²) in [7, 11) is -3.71. The first-order valence-electron chi connectivity index (χ1n) is 9.63. The fourth-order valence-electron chi connectivity index (χ4n) is 3.52. The zero-order valence-electron chi connectivity index (χ0n) is 16.8. The van der Waals surface area contributed by atoms with Gasteiger partial charge in [-0.2, -0.15) is 0 Å². The van der Waals surface area contributed by atoms with E-state index in [1.54, 1.807) is 42.8 Å². The summed E-state index contributed by atoms with van der Waals surface area (Å²) in [4.78, 5) is 0.260. The summed E-state index contributed by atoms with van der Waals surface area (Å²) >= 11 is 0. The second-order valence-corrected chi connectivity index (χ2v) is 10.1. The quantitative estimate of drug-likeness (QED) is 0.615. The summed E-state index contributed by atoms with van der Waals surface area (Å²) in [6, 6.07) is 16.0. The van der Waals surface area contributed by atoms with Crippen LogP contribution in [0.15, 0.2) is 78.0 Å². The standard InChI is InChI=1S/C23H25NO4S/c1-23(2,3)22-27-14-13-17(16-28-22)20-15-24(21-12-8-7-11-19(20)21)29(25,26)18-9-5-4-6-10-18/h4-15,17,22H,16H2,1-3H3. The highest BCUT2D eigenvalue weighted by Crippen LogP contribution is 2.34. The Morgan fingerprint density at radius 2 is 1.69 bits per heavy atom. The topological polar surface area (TPSA) is 57.5 Å². The monoisotopic (exact) mass is 411 g/mol. The molecule has 152 valence electrons. The van der Waals surface area contributed by atoms with E-state index >= 15 is 0 Å². The van der Waals surface area contributed by atoms with Crippen molar-refractivity contribution < 1.29 is 17.9 Å². The molecule has 0 bridgehead atoms. The molecule has 1 aliphatic rings. The van der Waals surface area contributed by atoms with Crippen molar-refractivity contribution in [1.29, 1.82) is 0 Å². The summed E-state index contributed by atoms with van der Waals surface area (Å²) in [6.45, 7) is 6.59. The Morgan fingerprint density at radius 3 is 2.41 bits per heavy atom. The molecule has 0 fully saturated rings. The number of nitrogens with zero attached hydrogens (tertiary/aromatic N) is 1. The van der Waals surface area contributed by atoms with E-state index in [-0.39, 0.29) is 22.5 Å². The highest BCUT2D eigenvalue weighted by molar-refractivity contribution is 7.90. The third kappa shape index (κ3) is 3.70. The normalized spacial score (nSPS) is 20.4. The lowest BCUT2D eigenvalue weighted by atomic mass is 9.96. The van der Waals surface area contributed by atoms with Crippen molar-refractivity contribution >= 4 is 20.9 Å². The molecule has 0 radical (unpaired) electrons. The van der Waals surface area contributed by atoms with Crippen LogP contribution in [0.25, 0.3) is 10.9 Å². The number of benzene rings is 2. The highest BCUT2D eigenvalue weighted by atomic mass is 32.2. The molecular weight excluding hydrogens is 386 g/mol. The van der Waals surface area contributed by atoms with Crippen molar-refractivity contribution in [3.05, 3.63) is 78.7 Å². The summed E-state index contributed by atoms with van der Waals surface area (Å²) < 4.78 is 39.7. The largest absolute Gasteiger partial charge is 0.472 e. The van der Waals surface area contributed by atoms with Crippen molar-refractivity contribution in [2.45, 2.75) is 37.9 Å². The number of fused-ring (bicyclic) bond motifs is 1. The lowest BCUT2D eigenvalue weighted by Crippen LogP contribution is -2.30. The van der Waals surface area contributed by atoms with Crippen LogP contribution in [0.3, 0.4) is 0 Å². The van der Waals surface area contributed by atoms with Gasteiger partial charge in [0.05, 0.1) is 23.3 Å². The van der Waals surface area contributed by atoms with Crippen molar-refractivity contribution in [2.75, 3.05) is 6.61 Å². The molecule has 2 aromatic carbocycles. The van der Waals surface area contributed by atoms with Crippen LogP contribution in [0.2, 0.25) is 0 Å². The minimum Gasteiger partial charge on any atom is -0.472 e. The molecule has 1 aliphatic heterocycles. The molecule has 29 heavy (non-hydrogen) atoms. The van der Waals surface area contributed by atoms with E-state index in [1.807, 2.05) is 30.3 Å². The maximum atomic E-state index is 13.3. The summed E-state index contributed by atoms with van der Waals surface area (Å²) in [5.74, 6) is -0.112. The Kier molecular flexibility index (Phi) is 5.00. The van der Waals surface area contributed by atoms with Gasteiger partial charge in [-0.3, -0.25) is 0 Å². The molecule has 0 saturated heterocycles. The lowest BCUT2D eigenvalue weighted by Gasteiger charge is -2.28. The molecule has 4 rings (SSSR count). The van der Waals surface area contributed by atoms with Crippen molar-refractivity contribution in [3.8, 4) is 0 Å². The van der Waals surface area contributed by atoms with E-state index in [1.165, 1.54) is 3.97 Å². The van der Waals surface area contributed by atoms with Crippen LogP contribution in [-0.2, 0) is 19.5 Å². The first kappa shape index (κ1) is 19.7. The van der Waals surface area contributed by atoms with Gasteiger partial charge in [0.15, 0.2) is 0 Å². The van der Waals surface area contributed by atoms with Gasteiger partial charge in [-0.15, -0.1) is 0 Å². The molecule has 2 unspecified atom stereocenters. The number of hydrogen-bond donors (Lipinski definition) is 0. The number of para-hydroxylation sites is 1. The molecule has 0 aliphatic carbocycles. The van der Waals surface area contributed by atoms with Crippen LogP contribution >= 0.6 is 0 Å². The fraction of sp³-hybridized carbons (Fsp3) is 0.304. The predicted molar refractivity (Wildman–Crippen MR) is 113 cm³/mol. The second kappa shape index (κ2) is 7.35. The predicted octanol–water partition coefficient (Wildman–Crippen LogP) is 4.89. The van der Waals surface area contributed by atoms with Gasteiger partial charge in [-0.1, -0.05) is 57.2 Å². The molecule has 2 heterocycles. The second-order valence-electron chi connectivity index (χ2n) is 8.32. The van der Waals surface area contributed by atoms with Crippen molar-refractivity contribution in [2.24, 2.45) is 5.41 Å². The van der Waals surface area contributed by atoms with Crippen LogP contribution in [0.4, 0.5) is 0 Å². The Balaban J connectivity index is 1.78. The number of hydrogen-bond acceptors (Lipinski definition) is 4. The Bertz CT molecular complexity index is 1140. The minimum atomic E-state index is -3.71. The molecule has 0 amide bonds. The maximum absolute atomic E-state index is 13.3. The van der Waals surface area contributed by atoms with E-state index in [0.29, 0.717) is 12.1 Å². The molecule has 6 heteroatoms. The van der Waals surface area contributed by atoms with Crippen molar-refractivity contribution in [1.82, 2.24) is 3.97 Å². The molecule has 0 spiro atoms. The molecular formula is C23H25NO4S. The van der Waals surface area contributed by atoms with Gasteiger partial charge >= 0.3 is 0 Å². The highest BCUT2D eigenvalue weighted by Gasteiger charge is 2.30. The van der Waals surface area contributed by atoms with Crippen LogP contribution < -0.4 is 0 Å². The Labute approximate surface area is 171 Å². The van der Waals surface area contributed by atoms with Gasteiger partial charge in [0, 0.05) is 22.9 Å². The SMILES string of the molecule is CC(C)(C)C1OC=CC(c2cn(S(=O)(=O)c3ccccc3)c3ccccc23)CO1. The van der Waals surface area contributed by atoms with E-state index in [2.05, 4.69) is 20.8 Å². The molecule has 5 nitrogen and oxygen atoms in total. The van der Waals surface area contributed by atoms with Crippen LogP contribution in [0.5, 0.6) is 0 Å². The van der Waals surface area contributed by atoms with Crippen LogP contribution in [0.1, 0.15) is 32.3 Å².